The number of nitrogens with zero attached hydrogens (tertiary/aromatic N) is 1. The van der Waals surface area contributed by atoms with Gasteiger partial charge in [-0.1, -0.05) is 12.1 Å². The van der Waals surface area contributed by atoms with Gasteiger partial charge in [0.25, 0.3) is 0 Å². The molecule has 0 aliphatic rings. The number of pyridine rings is 1. The third kappa shape index (κ3) is 3.54. The van der Waals surface area contributed by atoms with Crippen molar-refractivity contribution in [3.8, 4) is 5.75 Å². The predicted molar refractivity (Wildman–Crippen MR) is 68.6 cm³/mol. The van der Waals surface area contributed by atoms with Gasteiger partial charge < -0.3 is 9.84 Å². The highest BCUT2D eigenvalue weighted by Gasteiger charge is 1.98. The summed E-state index contributed by atoms with van der Waals surface area (Å²) in [5.41, 5.74) is 1.84. The summed E-state index contributed by atoms with van der Waals surface area (Å²) in [5.74, 6) is 0.747. The summed E-state index contributed by atoms with van der Waals surface area (Å²) in [5, 5.41) is 9.01. The molecule has 0 radical (unpaired) electrons. The molecule has 0 bridgehead atoms. The lowest BCUT2D eigenvalue weighted by Crippen LogP contribution is -1.96. The van der Waals surface area contributed by atoms with Gasteiger partial charge in [0.05, 0.1) is 6.61 Å². The number of rotatable bonds is 4. The van der Waals surface area contributed by atoms with Gasteiger partial charge in [-0.05, 0) is 39.7 Å². The minimum Gasteiger partial charge on any atom is -0.489 e. The molecule has 0 aliphatic carbocycles. The van der Waals surface area contributed by atoms with Crippen molar-refractivity contribution in [1.29, 1.82) is 0 Å². The Labute approximate surface area is 108 Å². The van der Waals surface area contributed by atoms with Gasteiger partial charge in [-0.2, -0.15) is 0 Å². The van der Waals surface area contributed by atoms with Crippen LogP contribution in [0.1, 0.15) is 11.1 Å². The van der Waals surface area contributed by atoms with Gasteiger partial charge in [0.2, 0.25) is 0 Å². The van der Waals surface area contributed by atoms with Gasteiger partial charge in [0.1, 0.15) is 12.4 Å². The Morgan fingerprint density at radius 1 is 1.18 bits per heavy atom. The van der Waals surface area contributed by atoms with Crippen LogP contribution in [0.15, 0.2) is 47.2 Å². The van der Waals surface area contributed by atoms with Crippen LogP contribution in [0.4, 0.5) is 0 Å². The summed E-state index contributed by atoms with van der Waals surface area (Å²) in [4.78, 5) is 4.06. The maximum Gasteiger partial charge on any atom is 0.120 e. The molecule has 2 rings (SSSR count). The van der Waals surface area contributed by atoms with Gasteiger partial charge in [-0.15, -0.1) is 0 Å². The average molecular weight is 294 g/mol. The maximum absolute atomic E-state index is 9.01. The molecule has 0 atom stereocenters. The van der Waals surface area contributed by atoms with Crippen molar-refractivity contribution in [2.24, 2.45) is 0 Å². The summed E-state index contributed by atoms with van der Waals surface area (Å²) in [6.45, 7) is 0.483. The second kappa shape index (κ2) is 5.80. The topological polar surface area (TPSA) is 42.4 Å². The van der Waals surface area contributed by atoms with E-state index >= 15 is 0 Å². The lowest BCUT2D eigenvalue weighted by molar-refractivity contribution is 0.278. The first-order valence-electron chi connectivity index (χ1n) is 5.20. The molecule has 4 heteroatoms. The van der Waals surface area contributed by atoms with Crippen LogP contribution in [0.5, 0.6) is 5.75 Å². The van der Waals surface area contributed by atoms with E-state index in [9.17, 15) is 0 Å². The van der Waals surface area contributed by atoms with Crippen molar-refractivity contribution in [2.45, 2.75) is 13.2 Å². The van der Waals surface area contributed by atoms with Crippen LogP contribution in [0.25, 0.3) is 0 Å². The number of hydrogen-bond acceptors (Lipinski definition) is 3. The number of aromatic nitrogens is 1. The highest BCUT2D eigenvalue weighted by atomic mass is 79.9. The Balaban J connectivity index is 2.02. The predicted octanol–water partition coefficient (Wildman–Crippen LogP) is 2.92. The molecule has 88 valence electrons. The molecule has 17 heavy (non-hydrogen) atoms. The molecular formula is C13H12BrNO2. The fraction of sp³-hybridized carbons (Fsp3) is 0.154. The molecule has 0 amide bonds. The minimum atomic E-state index is 0.0235. The molecule has 1 N–H and O–H groups in total. The van der Waals surface area contributed by atoms with Gasteiger partial charge >= 0.3 is 0 Å². The van der Waals surface area contributed by atoms with Crippen molar-refractivity contribution in [1.82, 2.24) is 4.98 Å². The molecular weight excluding hydrogens is 282 g/mol. The van der Waals surface area contributed by atoms with E-state index in [2.05, 4.69) is 20.9 Å². The fourth-order valence-electron chi connectivity index (χ4n) is 1.44. The number of halogens is 1. The summed E-state index contributed by atoms with van der Waals surface area (Å²) in [6.07, 6.45) is 3.50. The lowest BCUT2D eigenvalue weighted by atomic mass is 10.2. The second-order valence-electron chi connectivity index (χ2n) is 3.61. The molecule has 0 aliphatic heterocycles. The second-order valence-corrected chi connectivity index (χ2v) is 4.52. The summed E-state index contributed by atoms with van der Waals surface area (Å²) >= 11 is 3.36. The zero-order valence-corrected chi connectivity index (χ0v) is 10.7. The van der Waals surface area contributed by atoms with Gasteiger partial charge in [-0.25, -0.2) is 0 Å². The zero-order chi connectivity index (χ0) is 12.1. The number of aliphatic hydroxyl groups is 1. The number of hydrogen-bond donors (Lipinski definition) is 1. The third-order valence-electron chi connectivity index (χ3n) is 2.25. The highest BCUT2D eigenvalue weighted by molar-refractivity contribution is 9.10. The minimum absolute atomic E-state index is 0.0235. The van der Waals surface area contributed by atoms with Crippen molar-refractivity contribution >= 4 is 15.9 Å². The highest BCUT2D eigenvalue weighted by Crippen LogP contribution is 2.16. The Hall–Kier alpha value is -1.39. The number of aliphatic hydroxyl groups excluding tert-OH is 1. The Morgan fingerprint density at radius 3 is 2.82 bits per heavy atom. The van der Waals surface area contributed by atoms with E-state index in [1.54, 1.807) is 12.4 Å². The van der Waals surface area contributed by atoms with E-state index in [4.69, 9.17) is 9.84 Å². The summed E-state index contributed by atoms with van der Waals surface area (Å²) < 4.78 is 6.55. The molecule has 1 aromatic heterocycles. The first-order valence-corrected chi connectivity index (χ1v) is 5.99. The van der Waals surface area contributed by atoms with Crippen molar-refractivity contribution in [3.63, 3.8) is 0 Å². The van der Waals surface area contributed by atoms with Gasteiger partial charge in [0.15, 0.2) is 0 Å². The lowest BCUT2D eigenvalue weighted by Gasteiger charge is -2.07. The van der Waals surface area contributed by atoms with E-state index in [0.29, 0.717) is 6.61 Å². The fourth-order valence-corrected chi connectivity index (χ4v) is 1.85. The largest absolute Gasteiger partial charge is 0.489 e. The molecule has 1 heterocycles. The Bertz CT molecular complexity index is 502. The van der Waals surface area contributed by atoms with Crippen LogP contribution in [0.3, 0.4) is 0 Å². The maximum atomic E-state index is 9.01. The smallest absolute Gasteiger partial charge is 0.120 e. The van der Waals surface area contributed by atoms with Crippen LogP contribution in [-0.2, 0) is 13.2 Å². The van der Waals surface area contributed by atoms with Crippen molar-refractivity contribution in [2.75, 3.05) is 0 Å². The standard InChI is InChI=1S/C13H12BrNO2/c14-12-4-11(6-15-7-12)9-17-13-3-1-2-10(5-13)8-16/h1-7,16H,8-9H2. The zero-order valence-electron chi connectivity index (χ0n) is 9.14. The van der Waals surface area contributed by atoms with E-state index in [1.165, 1.54) is 0 Å². The van der Waals surface area contributed by atoms with Gasteiger partial charge in [0, 0.05) is 22.4 Å². The molecule has 0 saturated carbocycles. The summed E-state index contributed by atoms with van der Waals surface area (Å²) in [7, 11) is 0. The first-order chi connectivity index (χ1) is 8.28. The molecule has 0 fully saturated rings. The van der Waals surface area contributed by atoms with Crippen molar-refractivity contribution in [3.05, 3.63) is 58.3 Å². The average Bonchev–Trinajstić information content (AvgIpc) is 2.37. The van der Waals surface area contributed by atoms with Crippen LogP contribution in [-0.4, -0.2) is 10.1 Å². The number of ether oxygens (including phenoxy) is 1. The normalized spacial score (nSPS) is 10.2. The SMILES string of the molecule is OCc1cccc(OCc2cncc(Br)c2)c1. The van der Waals surface area contributed by atoms with Crippen LogP contribution >= 0.6 is 15.9 Å². The summed E-state index contributed by atoms with van der Waals surface area (Å²) in [6, 6.07) is 9.37. The molecule has 0 saturated heterocycles. The molecule has 0 unspecified atom stereocenters. The molecule has 1 aromatic carbocycles. The quantitative estimate of drug-likeness (QED) is 0.942. The Kier molecular flexibility index (Phi) is 4.12. The first kappa shape index (κ1) is 12.1. The molecule has 0 spiro atoms. The van der Waals surface area contributed by atoms with Crippen LogP contribution < -0.4 is 4.74 Å². The van der Waals surface area contributed by atoms with Crippen LogP contribution in [0.2, 0.25) is 0 Å². The van der Waals surface area contributed by atoms with Crippen LogP contribution in [0, 0.1) is 0 Å². The van der Waals surface area contributed by atoms with Gasteiger partial charge in [-0.3, -0.25) is 4.98 Å². The molecule has 2 aromatic rings. The van der Waals surface area contributed by atoms with Crippen molar-refractivity contribution < 1.29 is 9.84 Å². The van der Waals surface area contributed by atoms with E-state index < -0.39 is 0 Å². The monoisotopic (exact) mass is 293 g/mol. The van der Waals surface area contributed by atoms with E-state index in [0.717, 1.165) is 21.3 Å². The number of benzene rings is 1. The van der Waals surface area contributed by atoms with E-state index in [1.807, 2.05) is 30.3 Å². The third-order valence-corrected chi connectivity index (χ3v) is 2.68. The molecule has 3 nitrogen and oxygen atoms in total. The van der Waals surface area contributed by atoms with E-state index in [-0.39, 0.29) is 6.61 Å². The Morgan fingerprint density at radius 2 is 2.06 bits per heavy atom.